The summed E-state index contributed by atoms with van der Waals surface area (Å²) in [5, 5.41) is 2.68. The molecule has 0 spiro atoms. The van der Waals surface area contributed by atoms with Crippen LogP contribution in [-0.2, 0) is 11.3 Å². The van der Waals surface area contributed by atoms with Gasteiger partial charge in [-0.15, -0.1) is 0 Å². The summed E-state index contributed by atoms with van der Waals surface area (Å²) >= 11 is 0. The van der Waals surface area contributed by atoms with Crippen LogP contribution in [0.15, 0.2) is 54.6 Å². The predicted octanol–water partition coefficient (Wildman–Crippen LogP) is 3.89. The van der Waals surface area contributed by atoms with Gasteiger partial charge in [0.1, 0.15) is 0 Å². The van der Waals surface area contributed by atoms with Crippen LogP contribution in [0.2, 0.25) is 0 Å². The van der Waals surface area contributed by atoms with E-state index in [1.165, 1.54) is 5.56 Å². The van der Waals surface area contributed by atoms with Crippen molar-refractivity contribution in [2.45, 2.75) is 13.5 Å². The Hall–Kier alpha value is -2.49. The predicted molar refractivity (Wildman–Crippen MR) is 85.6 cm³/mol. The molecule has 110 valence electrons. The first-order chi connectivity index (χ1) is 10.2. The highest BCUT2D eigenvalue weighted by Crippen LogP contribution is 2.18. The maximum Gasteiger partial charge on any atom is 0.411 e. The minimum Gasteiger partial charge on any atom is -0.450 e. The van der Waals surface area contributed by atoms with Crippen molar-refractivity contribution >= 4 is 17.5 Å². The van der Waals surface area contributed by atoms with Crippen molar-refractivity contribution in [1.82, 2.24) is 0 Å². The van der Waals surface area contributed by atoms with E-state index in [4.69, 9.17) is 4.74 Å². The van der Waals surface area contributed by atoms with Gasteiger partial charge < -0.3 is 9.64 Å². The summed E-state index contributed by atoms with van der Waals surface area (Å²) in [6.45, 7) is 2.98. The van der Waals surface area contributed by atoms with E-state index in [1.54, 1.807) is 6.92 Å². The summed E-state index contributed by atoms with van der Waals surface area (Å²) in [6.07, 6.45) is -0.428. The second-order valence-electron chi connectivity index (χ2n) is 4.73. The van der Waals surface area contributed by atoms with Crippen molar-refractivity contribution < 1.29 is 9.53 Å². The van der Waals surface area contributed by atoms with Crippen LogP contribution < -0.4 is 10.2 Å². The Morgan fingerprint density at radius 2 is 1.76 bits per heavy atom. The summed E-state index contributed by atoms with van der Waals surface area (Å²) < 4.78 is 4.84. The third-order valence-electron chi connectivity index (χ3n) is 3.09. The molecule has 2 aromatic rings. The number of carbonyl (C=O) groups excluding carboxylic acids is 1. The lowest BCUT2D eigenvalue weighted by molar-refractivity contribution is 0.168. The van der Waals surface area contributed by atoms with E-state index in [9.17, 15) is 4.79 Å². The van der Waals surface area contributed by atoms with Gasteiger partial charge in [-0.25, -0.2) is 4.79 Å². The van der Waals surface area contributed by atoms with Crippen molar-refractivity contribution in [3.63, 3.8) is 0 Å². The van der Waals surface area contributed by atoms with Gasteiger partial charge in [0.15, 0.2) is 0 Å². The van der Waals surface area contributed by atoms with Gasteiger partial charge in [-0.1, -0.05) is 30.3 Å². The Balaban J connectivity index is 1.96. The summed E-state index contributed by atoms with van der Waals surface area (Å²) in [4.78, 5) is 13.5. The van der Waals surface area contributed by atoms with E-state index in [-0.39, 0.29) is 0 Å². The van der Waals surface area contributed by atoms with Crippen molar-refractivity contribution in [3.05, 3.63) is 60.2 Å². The van der Waals surface area contributed by atoms with Gasteiger partial charge in [-0.05, 0) is 36.8 Å². The maximum atomic E-state index is 11.3. The SMILES string of the molecule is CCOC(=O)Nc1ccc(N(C)Cc2ccccc2)cc1. The van der Waals surface area contributed by atoms with Gasteiger partial charge >= 0.3 is 6.09 Å². The van der Waals surface area contributed by atoms with Crippen LogP contribution >= 0.6 is 0 Å². The molecule has 1 amide bonds. The molecule has 0 saturated heterocycles. The molecule has 0 bridgehead atoms. The highest BCUT2D eigenvalue weighted by Gasteiger charge is 2.04. The smallest absolute Gasteiger partial charge is 0.411 e. The fourth-order valence-electron chi connectivity index (χ4n) is 2.03. The second kappa shape index (κ2) is 7.33. The Morgan fingerprint density at radius 1 is 1.10 bits per heavy atom. The zero-order valence-corrected chi connectivity index (χ0v) is 12.4. The molecule has 0 unspecified atom stereocenters. The van der Waals surface area contributed by atoms with Gasteiger partial charge in [0.2, 0.25) is 0 Å². The van der Waals surface area contributed by atoms with Crippen molar-refractivity contribution in [2.75, 3.05) is 23.9 Å². The van der Waals surface area contributed by atoms with E-state index in [0.29, 0.717) is 6.61 Å². The van der Waals surface area contributed by atoms with E-state index in [2.05, 4.69) is 22.3 Å². The largest absolute Gasteiger partial charge is 0.450 e. The molecular formula is C17H20N2O2. The Morgan fingerprint density at radius 3 is 2.38 bits per heavy atom. The minimum atomic E-state index is -0.428. The minimum absolute atomic E-state index is 0.365. The molecule has 0 aliphatic heterocycles. The lowest BCUT2D eigenvalue weighted by Gasteiger charge is -2.19. The molecule has 0 fully saturated rings. The molecule has 4 nitrogen and oxygen atoms in total. The van der Waals surface area contributed by atoms with Crippen LogP contribution in [0, 0.1) is 0 Å². The fraction of sp³-hybridized carbons (Fsp3) is 0.235. The average Bonchev–Trinajstić information content (AvgIpc) is 2.49. The molecule has 21 heavy (non-hydrogen) atoms. The molecule has 0 aliphatic carbocycles. The third kappa shape index (κ3) is 4.53. The number of amides is 1. The number of ether oxygens (including phenoxy) is 1. The lowest BCUT2D eigenvalue weighted by Crippen LogP contribution is -2.16. The highest BCUT2D eigenvalue weighted by atomic mass is 16.5. The quantitative estimate of drug-likeness (QED) is 0.905. The zero-order chi connectivity index (χ0) is 15.1. The molecule has 0 aliphatic rings. The van der Waals surface area contributed by atoms with Crippen LogP contribution in [0.5, 0.6) is 0 Å². The van der Waals surface area contributed by atoms with Crippen LogP contribution in [0.4, 0.5) is 16.2 Å². The molecule has 2 rings (SSSR count). The normalized spacial score (nSPS) is 10.0. The summed E-state index contributed by atoms with van der Waals surface area (Å²) in [7, 11) is 2.04. The third-order valence-corrected chi connectivity index (χ3v) is 3.09. The molecule has 2 aromatic carbocycles. The highest BCUT2D eigenvalue weighted by molar-refractivity contribution is 5.84. The number of hydrogen-bond acceptors (Lipinski definition) is 3. The molecule has 4 heteroatoms. The van der Waals surface area contributed by atoms with Gasteiger partial charge in [0.05, 0.1) is 6.61 Å². The number of hydrogen-bond donors (Lipinski definition) is 1. The van der Waals surface area contributed by atoms with Crippen LogP contribution in [0.3, 0.4) is 0 Å². The Kier molecular flexibility index (Phi) is 5.21. The molecule has 0 atom stereocenters. The molecule has 0 aromatic heterocycles. The van der Waals surface area contributed by atoms with E-state index in [1.807, 2.05) is 49.5 Å². The summed E-state index contributed by atoms with van der Waals surface area (Å²) in [6, 6.07) is 18.0. The monoisotopic (exact) mass is 284 g/mol. The molecule has 0 saturated carbocycles. The van der Waals surface area contributed by atoms with Gasteiger partial charge in [0.25, 0.3) is 0 Å². The number of anilines is 2. The van der Waals surface area contributed by atoms with Crippen molar-refractivity contribution in [3.8, 4) is 0 Å². The van der Waals surface area contributed by atoms with Crippen molar-refractivity contribution in [2.24, 2.45) is 0 Å². The van der Waals surface area contributed by atoms with Gasteiger partial charge in [-0.3, -0.25) is 5.32 Å². The molecular weight excluding hydrogens is 264 g/mol. The average molecular weight is 284 g/mol. The first-order valence-corrected chi connectivity index (χ1v) is 6.98. The Labute approximate surface area is 125 Å². The number of benzene rings is 2. The van der Waals surface area contributed by atoms with Crippen LogP contribution in [0.1, 0.15) is 12.5 Å². The number of nitrogens with one attached hydrogen (secondary N) is 1. The maximum absolute atomic E-state index is 11.3. The fourth-order valence-corrected chi connectivity index (χ4v) is 2.03. The van der Waals surface area contributed by atoms with Gasteiger partial charge in [0, 0.05) is 25.0 Å². The van der Waals surface area contributed by atoms with Crippen molar-refractivity contribution in [1.29, 1.82) is 0 Å². The van der Waals surface area contributed by atoms with Crippen LogP contribution in [-0.4, -0.2) is 19.7 Å². The number of nitrogens with zero attached hydrogens (tertiary/aromatic N) is 1. The molecule has 0 heterocycles. The standard InChI is InChI=1S/C17H20N2O2/c1-3-21-17(20)18-15-9-11-16(12-10-15)19(2)13-14-7-5-4-6-8-14/h4-12H,3,13H2,1-2H3,(H,18,20). The second-order valence-corrected chi connectivity index (χ2v) is 4.73. The number of carbonyl (C=O) groups is 1. The molecule has 1 N–H and O–H groups in total. The van der Waals surface area contributed by atoms with E-state index >= 15 is 0 Å². The number of rotatable bonds is 5. The van der Waals surface area contributed by atoms with Crippen LogP contribution in [0.25, 0.3) is 0 Å². The summed E-state index contributed by atoms with van der Waals surface area (Å²) in [5.41, 5.74) is 3.08. The first kappa shape index (κ1) is 14.9. The summed E-state index contributed by atoms with van der Waals surface area (Å²) in [5.74, 6) is 0. The first-order valence-electron chi connectivity index (χ1n) is 6.98. The van der Waals surface area contributed by atoms with Gasteiger partial charge in [-0.2, -0.15) is 0 Å². The van der Waals surface area contributed by atoms with E-state index < -0.39 is 6.09 Å². The zero-order valence-electron chi connectivity index (χ0n) is 12.4. The molecule has 0 radical (unpaired) electrons. The topological polar surface area (TPSA) is 41.6 Å². The van der Waals surface area contributed by atoms with E-state index in [0.717, 1.165) is 17.9 Å². The lowest BCUT2D eigenvalue weighted by atomic mass is 10.2. The Bertz CT molecular complexity index is 567.